The van der Waals surface area contributed by atoms with E-state index in [1.54, 1.807) is 24.5 Å². The zero-order valence-corrected chi connectivity index (χ0v) is 17.3. The molecule has 5 heteroatoms. The first-order valence-electron chi connectivity index (χ1n) is 9.84. The number of rotatable bonds is 5. The third-order valence-corrected chi connectivity index (χ3v) is 5.09. The third kappa shape index (κ3) is 3.87. The van der Waals surface area contributed by atoms with Gasteiger partial charge in [0.1, 0.15) is 5.70 Å². The predicted molar refractivity (Wildman–Crippen MR) is 117 cm³/mol. The van der Waals surface area contributed by atoms with E-state index >= 15 is 0 Å². The molecule has 3 aromatic rings. The van der Waals surface area contributed by atoms with E-state index in [9.17, 15) is 9.59 Å². The van der Waals surface area contributed by atoms with Crippen molar-refractivity contribution in [3.05, 3.63) is 101 Å². The summed E-state index contributed by atoms with van der Waals surface area (Å²) in [4.78, 5) is 31.9. The molecule has 150 valence electrons. The predicted octanol–water partition coefficient (Wildman–Crippen LogP) is 4.40. The van der Waals surface area contributed by atoms with Crippen molar-refractivity contribution in [3.63, 3.8) is 0 Å². The number of benzene rings is 2. The van der Waals surface area contributed by atoms with E-state index in [0.717, 1.165) is 33.5 Å². The number of nitrogens with one attached hydrogen (secondary N) is 1. The Morgan fingerprint density at radius 3 is 2.07 bits per heavy atom. The highest BCUT2D eigenvalue weighted by Gasteiger charge is 2.39. The average molecular weight is 397 g/mol. The molecule has 30 heavy (non-hydrogen) atoms. The van der Waals surface area contributed by atoms with Crippen LogP contribution in [0, 0.1) is 20.8 Å². The molecule has 0 unspecified atom stereocenters. The maximum absolute atomic E-state index is 13.3. The molecule has 1 N–H and O–H groups in total. The molecule has 0 saturated heterocycles. The molecule has 0 radical (unpaired) electrons. The number of anilines is 1. The number of carbonyl (C=O) groups excluding carboxylic acids is 2. The van der Waals surface area contributed by atoms with Gasteiger partial charge in [-0.1, -0.05) is 35.9 Å². The summed E-state index contributed by atoms with van der Waals surface area (Å²) in [5.74, 6) is -0.626. The molecule has 0 atom stereocenters. The summed E-state index contributed by atoms with van der Waals surface area (Å²) < 4.78 is 0. The van der Waals surface area contributed by atoms with Crippen LogP contribution >= 0.6 is 0 Å². The molecule has 1 aliphatic rings. The second kappa shape index (κ2) is 7.95. The van der Waals surface area contributed by atoms with Crippen LogP contribution in [0.15, 0.2) is 72.7 Å². The molecule has 0 aliphatic carbocycles. The van der Waals surface area contributed by atoms with Gasteiger partial charge in [-0.05, 0) is 67.3 Å². The number of hydrogen-bond acceptors (Lipinski definition) is 4. The number of aromatic nitrogens is 1. The zero-order chi connectivity index (χ0) is 21.3. The second-order valence-corrected chi connectivity index (χ2v) is 7.67. The summed E-state index contributed by atoms with van der Waals surface area (Å²) in [6.45, 7) is 6.20. The van der Waals surface area contributed by atoms with E-state index in [1.807, 2.05) is 57.2 Å². The molecule has 0 fully saturated rings. The van der Waals surface area contributed by atoms with Crippen LogP contribution in [-0.4, -0.2) is 21.7 Å². The second-order valence-electron chi connectivity index (χ2n) is 7.67. The molecular weight excluding hydrogens is 374 g/mol. The smallest absolute Gasteiger partial charge is 0.278 e. The monoisotopic (exact) mass is 397 g/mol. The standard InChI is InChI=1S/C25H23N3O2/c1-16-4-6-20(7-5-16)22-23(27-21-13-17(2)12-18(3)14-21)25(30)28(24(22)29)15-19-8-10-26-11-9-19/h4-14,27H,15H2,1-3H3. The van der Waals surface area contributed by atoms with Crippen molar-refractivity contribution >= 4 is 23.1 Å². The third-order valence-electron chi connectivity index (χ3n) is 5.09. The molecule has 1 aliphatic heterocycles. The summed E-state index contributed by atoms with van der Waals surface area (Å²) in [5.41, 5.74) is 6.33. The van der Waals surface area contributed by atoms with Crippen molar-refractivity contribution in [2.24, 2.45) is 0 Å². The maximum Gasteiger partial charge on any atom is 0.278 e. The molecule has 0 saturated carbocycles. The molecule has 0 bridgehead atoms. The van der Waals surface area contributed by atoms with Gasteiger partial charge in [0.15, 0.2) is 0 Å². The number of pyridine rings is 1. The van der Waals surface area contributed by atoms with Crippen LogP contribution < -0.4 is 5.32 Å². The van der Waals surface area contributed by atoms with Gasteiger partial charge in [0.25, 0.3) is 11.8 Å². The number of hydrogen-bond donors (Lipinski definition) is 1. The van der Waals surface area contributed by atoms with Crippen LogP contribution in [0.1, 0.15) is 27.8 Å². The van der Waals surface area contributed by atoms with Gasteiger partial charge in [0, 0.05) is 18.1 Å². The van der Waals surface area contributed by atoms with Gasteiger partial charge in [-0.2, -0.15) is 0 Å². The van der Waals surface area contributed by atoms with Crippen molar-refractivity contribution in [1.29, 1.82) is 0 Å². The minimum atomic E-state index is -0.327. The molecule has 2 heterocycles. The van der Waals surface area contributed by atoms with Gasteiger partial charge >= 0.3 is 0 Å². The van der Waals surface area contributed by atoms with Crippen LogP contribution in [-0.2, 0) is 16.1 Å². The SMILES string of the molecule is Cc1ccc(C2=C(Nc3cc(C)cc(C)c3)C(=O)N(Cc3ccncc3)C2=O)cc1. The van der Waals surface area contributed by atoms with Crippen LogP contribution in [0.25, 0.3) is 5.57 Å². The Bertz CT molecular complexity index is 1130. The lowest BCUT2D eigenvalue weighted by molar-refractivity contribution is -0.137. The fraction of sp³-hybridized carbons (Fsp3) is 0.160. The first kappa shape index (κ1) is 19.6. The Hall–Kier alpha value is -3.73. The summed E-state index contributed by atoms with van der Waals surface area (Å²) in [7, 11) is 0. The van der Waals surface area contributed by atoms with Gasteiger partial charge in [-0.3, -0.25) is 19.5 Å². The first-order valence-corrected chi connectivity index (χ1v) is 9.84. The summed E-state index contributed by atoms with van der Waals surface area (Å²) >= 11 is 0. The van der Waals surface area contributed by atoms with Gasteiger partial charge in [-0.15, -0.1) is 0 Å². The quantitative estimate of drug-likeness (QED) is 0.648. The number of carbonyl (C=O) groups is 2. The number of nitrogens with zero attached hydrogens (tertiary/aromatic N) is 2. The Kier molecular flexibility index (Phi) is 5.19. The topological polar surface area (TPSA) is 62.3 Å². The largest absolute Gasteiger partial charge is 0.350 e. The molecule has 5 nitrogen and oxygen atoms in total. The average Bonchev–Trinajstić information content (AvgIpc) is 2.93. The Balaban J connectivity index is 1.76. The molecule has 2 aromatic carbocycles. The van der Waals surface area contributed by atoms with Crippen LogP contribution in [0.2, 0.25) is 0 Å². The van der Waals surface area contributed by atoms with Crippen LogP contribution in [0.5, 0.6) is 0 Å². The van der Waals surface area contributed by atoms with E-state index in [4.69, 9.17) is 0 Å². The molecule has 2 amide bonds. The first-order chi connectivity index (χ1) is 14.4. The lowest BCUT2D eigenvalue weighted by Crippen LogP contribution is -2.32. The molecule has 1 aromatic heterocycles. The van der Waals surface area contributed by atoms with E-state index in [-0.39, 0.29) is 18.4 Å². The van der Waals surface area contributed by atoms with Crippen molar-refractivity contribution in [1.82, 2.24) is 9.88 Å². The maximum atomic E-state index is 13.3. The van der Waals surface area contributed by atoms with E-state index in [0.29, 0.717) is 11.3 Å². The fourth-order valence-electron chi connectivity index (χ4n) is 3.69. The van der Waals surface area contributed by atoms with Crippen LogP contribution in [0.3, 0.4) is 0 Å². The van der Waals surface area contributed by atoms with Crippen molar-refractivity contribution in [2.45, 2.75) is 27.3 Å². The van der Waals surface area contributed by atoms with Crippen molar-refractivity contribution in [3.8, 4) is 0 Å². The Morgan fingerprint density at radius 1 is 0.800 bits per heavy atom. The minimum Gasteiger partial charge on any atom is -0.350 e. The summed E-state index contributed by atoms with van der Waals surface area (Å²) in [6.07, 6.45) is 3.31. The fourth-order valence-corrected chi connectivity index (χ4v) is 3.69. The normalized spacial score (nSPS) is 13.9. The van der Waals surface area contributed by atoms with Gasteiger partial charge < -0.3 is 5.32 Å². The lowest BCUT2D eigenvalue weighted by Gasteiger charge is -2.15. The van der Waals surface area contributed by atoms with E-state index < -0.39 is 0 Å². The van der Waals surface area contributed by atoms with E-state index in [2.05, 4.69) is 16.4 Å². The van der Waals surface area contributed by atoms with Crippen molar-refractivity contribution in [2.75, 3.05) is 5.32 Å². The number of imide groups is 1. The molecular formula is C25H23N3O2. The van der Waals surface area contributed by atoms with Crippen molar-refractivity contribution < 1.29 is 9.59 Å². The highest BCUT2D eigenvalue weighted by Crippen LogP contribution is 2.32. The van der Waals surface area contributed by atoms with Gasteiger partial charge in [0.2, 0.25) is 0 Å². The molecule has 4 rings (SSSR count). The number of aryl methyl sites for hydroxylation is 3. The molecule has 0 spiro atoms. The Labute approximate surface area is 176 Å². The highest BCUT2D eigenvalue weighted by atomic mass is 16.2. The number of amides is 2. The highest BCUT2D eigenvalue weighted by molar-refractivity contribution is 6.36. The summed E-state index contributed by atoms with van der Waals surface area (Å²) in [5, 5.41) is 3.24. The van der Waals surface area contributed by atoms with Gasteiger partial charge in [-0.25, -0.2) is 0 Å². The Morgan fingerprint density at radius 2 is 1.43 bits per heavy atom. The minimum absolute atomic E-state index is 0.202. The summed E-state index contributed by atoms with van der Waals surface area (Å²) in [6, 6.07) is 17.3. The van der Waals surface area contributed by atoms with Crippen LogP contribution in [0.4, 0.5) is 5.69 Å². The zero-order valence-electron chi connectivity index (χ0n) is 17.3. The van der Waals surface area contributed by atoms with E-state index in [1.165, 1.54) is 4.90 Å². The van der Waals surface area contributed by atoms with Gasteiger partial charge in [0.05, 0.1) is 12.1 Å². The lowest BCUT2D eigenvalue weighted by atomic mass is 10.0.